The van der Waals surface area contributed by atoms with Crippen LogP contribution in [0.5, 0.6) is 5.75 Å². The number of hydrogen-bond donors (Lipinski definition) is 3. The highest BCUT2D eigenvalue weighted by molar-refractivity contribution is 5.41. The highest BCUT2D eigenvalue weighted by atomic mass is 16.3. The van der Waals surface area contributed by atoms with E-state index in [1.54, 1.807) is 6.07 Å². The van der Waals surface area contributed by atoms with Gasteiger partial charge in [0.1, 0.15) is 5.75 Å². The van der Waals surface area contributed by atoms with Crippen LogP contribution < -0.4 is 0 Å². The second-order valence-electron chi connectivity index (χ2n) is 7.92. The predicted octanol–water partition coefficient (Wildman–Crippen LogP) is 2.58. The fourth-order valence-electron chi connectivity index (χ4n) is 5.85. The quantitative estimate of drug-likeness (QED) is 0.645. The van der Waals surface area contributed by atoms with E-state index in [2.05, 4.69) is 18.9 Å². The SMILES string of the molecule is C#C[C@]1(O)[C@H](O)C[C@H]2[C@@H]3CCc4cc(O)ccc4[C@H]3CC[C@@]21C. The number of terminal acetylenes is 1. The molecule has 23 heavy (non-hydrogen) atoms. The summed E-state index contributed by atoms with van der Waals surface area (Å²) < 4.78 is 0. The van der Waals surface area contributed by atoms with Gasteiger partial charge in [0.05, 0.1) is 6.10 Å². The molecular weight excluding hydrogens is 288 g/mol. The zero-order chi connectivity index (χ0) is 16.4. The lowest BCUT2D eigenvalue weighted by molar-refractivity contribution is -0.101. The number of hydrogen-bond acceptors (Lipinski definition) is 3. The molecule has 1 aromatic rings. The maximum absolute atomic E-state index is 10.9. The van der Waals surface area contributed by atoms with Crippen LogP contribution in [-0.4, -0.2) is 27.0 Å². The van der Waals surface area contributed by atoms with Gasteiger partial charge in [0, 0.05) is 5.41 Å². The minimum Gasteiger partial charge on any atom is -0.508 e. The van der Waals surface area contributed by atoms with Crippen molar-refractivity contribution in [2.45, 2.75) is 56.7 Å². The molecule has 0 heterocycles. The molecule has 0 unspecified atom stereocenters. The van der Waals surface area contributed by atoms with Crippen LogP contribution in [0, 0.1) is 29.6 Å². The largest absolute Gasteiger partial charge is 0.508 e. The van der Waals surface area contributed by atoms with Crippen LogP contribution in [0.15, 0.2) is 18.2 Å². The van der Waals surface area contributed by atoms with Crippen molar-refractivity contribution in [2.24, 2.45) is 17.3 Å². The third kappa shape index (κ3) is 1.80. The van der Waals surface area contributed by atoms with Gasteiger partial charge in [-0.3, -0.25) is 0 Å². The van der Waals surface area contributed by atoms with E-state index in [0.29, 0.717) is 24.0 Å². The number of aromatic hydroxyl groups is 1. The van der Waals surface area contributed by atoms with Crippen molar-refractivity contribution >= 4 is 0 Å². The second kappa shape index (κ2) is 4.75. The molecule has 3 nitrogen and oxygen atoms in total. The third-order valence-corrected chi connectivity index (χ3v) is 7.15. The molecule has 1 aromatic carbocycles. The fraction of sp³-hybridized carbons (Fsp3) is 0.600. The average molecular weight is 312 g/mol. The van der Waals surface area contributed by atoms with E-state index in [4.69, 9.17) is 6.42 Å². The van der Waals surface area contributed by atoms with Gasteiger partial charge in [0.15, 0.2) is 5.60 Å². The Bertz CT molecular complexity index is 691. The normalized spacial score (nSPS) is 44.8. The van der Waals surface area contributed by atoms with Gasteiger partial charge in [-0.1, -0.05) is 18.9 Å². The highest BCUT2D eigenvalue weighted by Crippen LogP contribution is 2.64. The molecule has 2 fully saturated rings. The van der Waals surface area contributed by atoms with Crippen LogP contribution in [0.3, 0.4) is 0 Å². The zero-order valence-corrected chi connectivity index (χ0v) is 13.5. The Kier molecular flexibility index (Phi) is 3.11. The minimum absolute atomic E-state index is 0.249. The predicted molar refractivity (Wildman–Crippen MR) is 87.9 cm³/mol. The first-order chi connectivity index (χ1) is 10.9. The van der Waals surface area contributed by atoms with Gasteiger partial charge < -0.3 is 15.3 Å². The molecule has 0 radical (unpaired) electrons. The lowest BCUT2D eigenvalue weighted by atomic mass is 9.53. The van der Waals surface area contributed by atoms with Crippen LogP contribution in [0.4, 0.5) is 0 Å². The highest BCUT2D eigenvalue weighted by Gasteiger charge is 2.65. The lowest BCUT2D eigenvalue weighted by Crippen LogP contribution is -2.53. The van der Waals surface area contributed by atoms with Crippen molar-refractivity contribution in [1.29, 1.82) is 0 Å². The number of phenols is 1. The number of aliphatic hydroxyl groups excluding tert-OH is 1. The van der Waals surface area contributed by atoms with E-state index in [0.717, 1.165) is 25.7 Å². The number of phenolic OH excluding ortho intramolecular Hbond substituents is 1. The number of rotatable bonds is 0. The van der Waals surface area contributed by atoms with Gasteiger partial charge in [0.25, 0.3) is 0 Å². The molecule has 2 saturated carbocycles. The van der Waals surface area contributed by atoms with Gasteiger partial charge >= 0.3 is 0 Å². The van der Waals surface area contributed by atoms with Crippen molar-refractivity contribution in [1.82, 2.24) is 0 Å². The van der Waals surface area contributed by atoms with Crippen LogP contribution in [-0.2, 0) is 6.42 Å². The number of aliphatic hydroxyl groups is 2. The fourth-order valence-corrected chi connectivity index (χ4v) is 5.85. The topological polar surface area (TPSA) is 60.7 Å². The van der Waals surface area contributed by atoms with E-state index in [-0.39, 0.29) is 5.92 Å². The van der Waals surface area contributed by atoms with Gasteiger partial charge in [-0.2, -0.15) is 0 Å². The number of aryl methyl sites for hydroxylation is 1. The molecule has 4 rings (SSSR count). The van der Waals surface area contributed by atoms with Crippen molar-refractivity contribution in [2.75, 3.05) is 0 Å². The first kappa shape index (κ1) is 15.1. The first-order valence-electron chi connectivity index (χ1n) is 8.60. The Morgan fingerprint density at radius 3 is 2.83 bits per heavy atom. The van der Waals surface area contributed by atoms with Crippen LogP contribution in [0.1, 0.15) is 49.7 Å². The maximum atomic E-state index is 10.9. The standard InChI is InChI=1S/C20H24O3/c1-3-20(23)18(22)11-17-16-6-4-12-10-13(21)5-7-14(12)15(16)8-9-19(17,20)2/h1,5,7,10,15-18,21-23H,4,6,8-9,11H2,2H3/t15-,16-,17+,18-,19+,20+/m1/s1. The van der Waals surface area contributed by atoms with Crippen LogP contribution in [0.2, 0.25) is 0 Å². The Morgan fingerprint density at radius 1 is 1.30 bits per heavy atom. The molecule has 3 aliphatic carbocycles. The molecule has 0 aromatic heterocycles. The summed E-state index contributed by atoms with van der Waals surface area (Å²) in [6, 6.07) is 5.72. The molecule has 122 valence electrons. The summed E-state index contributed by atoms with van der Waals surface area (Å²) in [4.78, 5) is 0. The molecule has 0 aliphatic heterocycles. The smallest absolute Gasteiger partial charge is 0.156 e. The number of fused-ring (bicyclic) bond motifs is 5. The molecule has 3 heteroatoms. The second-order valence-corrected chi connectivity index (χ2v) is 7.92. The summed E-state index contributed by atoms with van der Waals surface area (Å²) in [5, 5.41) is 31.1. The molecule has 0 amide bonds. The van der Waals surface area contributed by atoms with Crippen LogP contribution >= 0.6 is 0 Å². The Morgan fingerprint density at radius 2 is 2.09 bits per heavy atom. The Balaban J connectivity index is 1.74. The van der Waals surface area contributed by atoms with Gasteiger partial charge in [0.2, 0.25) is 0 Å². The summed E-state index contributed by atoms with van der Waals surface area (Å²) in [6.45, 7) is 2.07. The van der Waals surface area contributed by atoms with E-state index in [1.165, 1.54) is 11.1 Å². The Hall–Kier alpha value is -1.50. The summed E-state index contributed by atoms with van der Waals surface area (Å²) in [6.07, 6.45) is 9.17. The molecular formula is C20H24O3. The van der Waals surface area contributed by atoms with Crippen molar-refractivity contribution in [3.8, 4) is 18.1 Å². The van der Waals surface area contributed by atoms with E-state index >= 15 is 0 Å². The monoisotopic (exact) mass is 312 g/mol. The molecule has 3 N–H and O–H groups in total. The maximum Gasteiger partial charge on any atom is 0.156 e. The average Bonchev–Trinajstić information content (AvgIpc) is 2.75. The summed E-state index contributed by atoms with van der Waals surface area (Å²) >= 11 is 0. The first-order valence-corrected chi connectivity index (χ1v) is 8.60. The molecule has 6 atom stereocenters. The molecule has 3 aliphatic rings. The zero-order valence-electron chi connectivity index (χ0n) is 13.5. The Labute approximate surface area is 137 Å². The third-order valence-electron chi connectivity index (χ3n) is 7.15. The number of benzene rings is 1. The van der Waals surface area contributed by atoms with Crippen LogP contribution in [0.25, 0.3) is 0 Å². The van der Waals surface area contributed by atoms with Gasteiger partial charge in [-0.15, -0.1) is 6.42 Å². The summed E-state index contributed by atoms with van der Waals surface area (Å²) in [7, 11) is 0. The molecule has 0 bridgehead atoms. The van der Waals surface area contributed by atoms with Crippen molar-refractivity contribution in [3.05, 3.63) is 29.3 Å². The van der Waals surface area contributed by atoms with Crippen molar-refractivity contribution < 1.29 is 15.3 Å². The lowest BCUT2D eigenvalue weighted by Gasteiger charge is -2.51. The molecule has 0 saturated heterocycles. The van der Waals surface area contributed by atoms with E-state index in [9.17, 15) is 15.3 Å². The summed E-state index contributed by atoms with van der Waals surface area (Å²) in [5.74, 6) is 4.00. The van der Waals surface area contributed by atoms with Crippen molar-refractivity contribution in [3.63, 3.8) is 0 Å². The summed E-state index contributed by atoms with van der Waals surface area (Å²) in [5.41, 5.74) is 0.779. The van der Waals surface area contributed by atoms with E-state index in [1.807, 2.05) is 6.07 Å². The van der Waals surface area contributed by atoms with Gasteiger partial charge in [-0.25, -0.2) is 0 Å². The molecule has 0 spiro atoms. The van der Waals surface area contributed by atoms with E-state index < -0.39 is 17.1 Å². The minimum atomic E-state index is -1.40. The van der Waals surface area contributed by atoms with Gasteiger partial charge in [-0.05, 0) is 73.1 Å².